The predicted molar refractivity (Wildman–Crippen MR) is 151 cm³/mol. The summed E-state index contributed by atoms with van der Waals surface area (Å²) in [6.45, 7) is 3.97. The number of aromatic nitrogens is 1. The maximum atomic E-state index is 15.1. The van der Waals surface area contributed by atoms with Crippen molar-refractivity contribution in [1.29, 1.82) is 0 Å². The van der Waals surface area contributed by atoms with Crippen LogP contribution in [0.2, 0.25) is 0 Å². The Labute approximate surface area is 236 Å². The van der Waals surface area contributed by atoms with Crippen LogP contribution in [0.1, 0.15) is 79.3 Å². The van der Waals surface area contributed by atoms with Crippen molar-refractivity contribution >= 4 is 11.8 Å². The molecule has 0 aliphatic carbocycles. The number of nitrogens with zero attached hydrogens (tertiary/aromatic N) is 2. The molecule has 2 atom stereocenters. The van der Waals surface area contributed by atoms with Gasteiger partial charge in [0.2, 0.25) is 0 Å². The molecule has 2 N–H and O–H groups in total. The monoisotopic (exact) mass is 555 g/mol. The van der Waals surface area contributed by atoms with Crippen molar-refractivity contribution in [3.8, 4) is 5.75 Å². The Hall–Kier alpha value is -2.75. The molecule has 1 aromatic heterocycles. The summed E-state index contributed by atoms with van der Waals surface area (Å²) in [5.41, 5.74) is 3.64. The zero-order chi connectivity index (χ0) is 27.9. The molecule has 5 rings (SSSR count). The van der Waals surface area contributed by atoms with E-state index in [4.69, 9.17) is 19.2 Å². The van der Waals surface area contributed by atoms with Crippen LogP contribution >= 0.6 is 0 Å². The molecule has 40 heavy (non-hydrogen) atoms. The van der Waals surface area contributed by atoms with E-state index in [0.29, 0.717) is 38.5 Å². The van der Waals surface area contributed by atoms with Crippen molar-refractivity contribution in [1.82, 2.24) is 9.88 Å². The number of unbranched alkanes of at least 4 members (excludes halogenated alkanes) is 2. The van der Waals surface area contributed by atoms with E-state index in [2.05, 4.69) is 17.4 Å². The van der Waals surface area contributed by atoms with Crippen molar-refractivity contribution in [3.63, 3.8) is 0 Å². The fourth-order valence-electron chi connectivity index (χ4n) is 6.28. The number of hydrogen-bond acceptors (Lipinski definition) is 7. The molecule has 2 saturated heterocycles. The lowest BCUT2D eigenvalue weighted by Gasteiger charge is -2.28. The molecule has 2 aromatic rings. The van der Waals surface area contributed by atoms with Gasteiger partial charge in [-0.05, 0) is 86.6 Å². The fourth-order valence-corrected chi connectivity index (χ4v) is 6.28. The molecule has 2 fully saturated rings. The van der Waals surface area contributed by atoms with Gasteiger partial charge in [0.1, 0.15) is 11.9 Å². The Bertz CT molecular complexity index is 1160. The van der Waals surface area contributed by atoms with Gasteiger partial charge in [-0.15, -0.1) is 0 Å². The zero-order valence-electron chi connectivity index (χ0n) is 23.5. The molecular weight excluding hydrogens is 513 g/mol. The minimum atomic E-state index is -1.01. The number of likely N-dealkylation sites (tertiary alicyclic amines) is 1. The third-order valence-electron chi connectivity index (χ3n) is 8.44. The highest BCUT2D eigenvalue weighted by molar-refractivity contribution is 5.77. The number of benzene rings is 1. The highest BCUT2D eigenvalue weighted by Gasteiger charge is 2.37. The number of pyridine rings is 1. The lowest BCUT2D eigenvalue weighted by atomic mass is 9.89. The Morgan fingerprint density at radius 3 is 2.88 bits per heavy atom. The van der Waals surface area contributed by atoms with Gasteiger partial charge in [0, 0.05) is 50.7 Å². The van der Waals surface area contributed by atoms with Crippen molar-refractivity contribution in [2.24, 2.45) is 0 Å². The number of nitrogens with one attached hydrogen (secondary N) is 1. The van der Waals surface area contributed by atoms with Gasteiger partial charge in [-0.3, -0.25) is 9.69 Å². The molecule has 0 radical (unpaired) electrons. The van der Waals surface area contributed by atoms with E-state index >= 15 is 4.39 Å². The Morgan fingerprint density at radius 1 is 1.23 bits per heavy atom. The summed E-state index contributed by atoms with van der Waals surface area (Å²) in [6, 6.07) is 6.68. The molecule has 0 amide bonds. The van der Waals surface area contributed by atoms with E-state index in [1.807, 2.05) is 11.0 Å². The second-order valence-corrected chi connectivity index (χ2v) is 11.2. The number of hydrogen-bond donors (Lipinski definition) is 2. The Kier molecular flexibility index (Phi) is 9.88. The number of methoxy groups -OCH3 is 1. The molecule has 1 aromatic carbocycles. The second kappa shape index (κ2) is 13.7. The average molecular weight is 556 g/mol. The smallest absolute Gasteiger partial charge is 0.325 e. The van der Waals surface area contributed by atoms with E-state index in [-0.39, 0.29) is 17.8 Å². The van der Waals surface area contributed by atoms with E-state index in [1.54, 1.807) is 0 Å². The molecule has 9 heteroatoms. The minimum Gasteiger partial charge on any atom is -0.493 e. The number of carboxylic acid groups (broad SMARTS) is 1. The van der Waals surface area contributed by atoms with Crippen LogP contribution in [-0.2, 0) is 27.1 Å². The quantitative estimate of drug-likeness (QED) is 0.349. The summed E-state index contributed by atoms with van der Waals surface area (Å²) in [4.78, 5) is 19.2. The van der Waals surface area contributed by atoms with Crippen molar-refractivity contribution in [2.75, 3.05) is 51.9 Å². The largest absolute Gasteiger partial charge is 0.493 e. The number of halogens is 1. The molecular formula is C31H42FN3O5. The van der Waals surface area contributed by atoms with Crippen LogP contribution in [0.5, 0.6) is 5.75 Å². The lowest BCUT2D eigenvalue weighted by Crippen LogP contribution is -2.34. The third kappa shape index (κ3) is 6.93. The topological polar surface area (TPSA) is 93.2 Å². The standard InChI is InChI=1S/C31H42FN3O5/c1-38-29-26(18-23(19-27(29)32)21-11-16-39-17-12-21)28(31(36)37)35-14-10-25(20-35)40-15-4-2-3-7-24-9-8-22-6-5-13-33-30(22)34-24/h8-9,18-19,21,25,28H,2-7,10-17,20H2,1H3,(H,33,34)(H,36,37)/t25-,28-/m1/s1. The molecule has 0 unspecified atom stereocenters. The van der Waals surface area contributed by atoms with Gasteiger partial charge in [-0.1, -0.05) is 12.5 Å². The predicted octanol–water partition coefficient (Wildman–Crippen LogP) is 5.11. The normalized spacial score (nSPS) is 20.6. The number of aliphatic carboxylic acids is 1. The van der Waals surface area contributed by atoms with Crippen molar-refractivity contribution < 1.29 is 28.5 Å². The molecule has 3 aliphatic heterocycles. The fraction of sp³-hybridized carbons (Fsp3) is 0.613. The number of aryl methyl sites for hydroxylation is 2. The summed E-state index contributed by atoms with van der Waals surface area (Å²) < 4.78 is 32.1. The third-order valence-corrected chi connectivity index (χ3v) is 8.44. The van der Waals surface area contributed by atoms with Crippen molar-refractivity contribution in [3.05, 3.63) is 52.5 Å². The molecule has 8 nitrogen and oxygen atoms in total. The highest BCUT2D eigenvalue weighted by Crippen LogP contribution is 2.38. The zero-order valence-corrected chi connectivity index (χ0v) is 23.5. The first kappa shape index (κ1) is 28.8. The van der Waals surface area contributed by atoms with Gasteiger partial charge < -0.3 is 24.6 Å². The van der Waals surface area contributed by atoms with Crippen LogP contribution in [0.15, 0.2) is 24.3 Å². The molecule has 0 spiro atoms. The van der Waals surface area contributed by atoms with Gasteiger partial charge >= 0.3 is 5.97 Å². The molecule has 0 bridgehead atoms. The molecule has 0 saturated carbocycles. The van der Waals surface area contributed by atoms with Crippen LogP contribution in [0.4, 0.5) is 10.2 Å². The van der Waals surface area contributed by atoms with Gasteiger partial charge in [0.15, 0.2) is 11.6 Å². The van der Waals surface area contributed by atoms with Crippen LogP contribution in [-0.4, -0.2) is 73.6 Å². The average Bonchev–Trinajstić information content (AvgIpc) is 3.43. The van der Waals surface area contributed by atoms with Crippen LogP contribution in [0.25, 0.3) is 0 Å². The van der Waals surface area contributed by atoms with Gasteiger partial charge in [-0.2, -0.15) is 0 Å². The van der Waals surface area contributed by atoms with E-state index < -0.39 is 17.8 Å². The first-order valence-corrected chi connectivity index (χ1v) is 14.8. The highest BCUT2D eigenvalue weighted by atomic mass is 19.1. The Morgan fingerprint density at radius 2 is 2.08 bits per heavy atom. The summed E-state index contributed by atoms with van der Waals surface area (Å²) in [5.74, 6) is -0.309. The lowest BCUT2D eigenvalue weighted by molar-refractivity contribution is -0.143. The van der Waals surface area contributed by atoms with Gasteiger partial charge in [-0.25, -0.2) is 9.37 Å². The SMILES string of the molecule is COc1c(F)cc(C2CCOCC2)cc1[C@H](C(=O)O)N1CC[C@@H](OCCCCCc2ccc3c(n2)NCCC3)C1. The second-order valence-electron chi connectivity index (χ2n) is 11.2. The maximum absolute atomic E-state index is 15.1. The van der Waals surface area contributed by atoms with E-state index in [9.17, 15) is 9.90 Å². The van der Waals surface area contributed by atoms with Gasteiger partial charge in [0.05, 0.1) is 13.2 Å². The van der Waals surface area contributed by atoms with E-state index in [1.165, 1.54) is 25.2 Å². The van der Waals surface area contributed by atoms with Crippen LogP contribution in [0, 0.1) is 5.82 Å². The number of ether oxygens (including phenoxy) is 3. The summed E-state index contributed by atoms with van der Waals surface area (Å²) in [7, 11) is 1.39. The molecule has 218 valence electrons. The minimum absolute atomic E-state index is 0.0109. The number of fused-ring (bicyclic) bond motifs is 1. The molecule has 4 heterocycles. The number of carboxylic acids is 1. The summed E-state index contributed by atoms with van der Waals surface area (Å²) in [5, 5.41) is 13.6. The number of anilines is 1. The van der Waals surface area contributed by atoms with Gasteiger partial charge in [0.25, 0.3) is 0 Å². The number of rotatable bonds is 12. The number of carbonyl (C=O) groups is 1. The van der Waals surface area contributed by atoms with Crippen LogP contribution in [0.3, 0.4) is 0 Å². The van der Waals surface area contributed by atoms with Crippen molar-refractivity contribution in [2.45, 2.75) is 75.9 Å². The Balaban J connectivity index is 1.12. The first-order valence-electron chi connectivity index (χ1n) is 14.8. The van der Waals surface area contributed by atoms with E-state index in [0.717, 1.165) is 75.0 Å². The first-order chi connectivity index (χ1) is 19.5. The summed E-state index contributed by atoms with van der Waals surface area (Å²) >= 11 is 0. The summed E-state index contributed by atoms with van der Waals surface area (Å²) in [6.07, 6.45) is 8.59. The maximum Gasteiger partial charge on any atom is 0.325 e. The molecule has 3 aliphatic rings. The van der Waals surface area contributed by atoms with Crippen LogP contribution < -0.4 is 10.1 Å².